The highest BCUT2D eigenvalue weighted by atomic mass is 16.5. The maximum Gasteiger partial charge on any atom is 0.133 e. The Hall–Kier alpha value is -1.19. The minimum absolute atomic E-state index is 0.0344. The summed E-state index contributed by atoms with van der Waals surface area (Å²) in [6, 6.07) is 9.93. The van der Waals surface area contributed by atoms with Gasteiger partial charge < -0.3 is 10.5 Å². The van der Waals surface area contributed by atoms with Crippen LogP contribution in [0.2, 0.25) is 0 Å². The van der Waals surface area contributed by atoms with Gasteiger partial charge in [-0.1, -0.05) is 30.3 Å². The van der Waals surface area contributed by atoms with Crippen molar-refractivity contribution in [1.29, 1.82) is 0 Å². The lowest BCUT2D eigenvalue weighted by atomic mass is 9.99. The van der Waals surface area contributed by atoms with Crippen molar-refractivity contribution >= 4 is 5.78 Å². The SMILES string of the molecule is NC(CCC(=O)CCC1CCCO1)c1ccccc1. The Bertz CT molecular complexity index is 385. The van der Waals surface area contributed by atoms with Crippen molar-refractivity contribution in [3.8, 4) is 0 Å². The van der Waals surface area contributed by atoms with Crippen molar-refractivity contribution in [2.75, 3.05) is 6.61 Å². The molecule has 2 atom stereocenters. The van der Waals surface area contributed by atoms with Crippen molar-refractivity contribution in [1.82, 2.24) is 0 Å². The van der Waals surface area contributed by atoms with Crippen LogP contribution in [0.25, 0.3) is 0 Å². The highest BCUT2D eigenvalue weighted by Crippen LogP contribution is 2.19. The van der Waals surface area contributed by atoms with Gasteiger partial charge in [0.05, 0.1) is 6.10 Å². The minimum atomic E-state index is -0.0344. The summed E-state index contributed by atoms with van der Waals surface area (Å²) in [6.07, 6.45) is 5.36. The predicted molar refractivity (Wildman–Crippen MR) is 75.8 cm³/mol. The Morgan fingerprint density at radius 2 is 2.11 bits per heavy atom. The van der Waals surface area contributed by atoms with Gasteiger partial charge in [-0.25, -0.2) is 0 Å². The lowest BCUT2D eigenvalue weighted by Crippen LogP contribution is -2.13. The van der Waals surface area contributed by atoms with E-state index in [1.165, 1.54) is 0 Å². The molecule has 1 aromatic rings. The molecule has 0 amide bonds. The maximum atomic E-state index is 11.8. The van der Waals surface area contributed by atoms with Crippen LogP contribution in [-0.4, -0.2) is 18.5 Å². The van der Waals surface area contributed by atoms with E-state index in [0.717, 1.165) is 37.9 Å². The Morgan fingerprint density at radius 3 is 2.79 bits per heavy atom. The van der Waals surface area contributed by atoms with E-state index in [2.05, 4.69) is 0 Å². The van der Waals surface area contributed by atoms with Crippen molar-refractivity contribution in [3.63, 3.8) is 0 Å². The molecule has 1 aromatic carbocycles. The first kappa shape index (κ1) is 14.2. The number of nitrogens with two attached hydrogens (primary N) is 1. The molecule has 2 unspecified atom stereocenters. The molecule has 2 N–H and O–H groups in total. The van der Waals surface area contributed by atoms with E-state index in [-0.39, 0.29) is 6.04 Å². The Balaban J connectivity index is 1.65. The minimum Gasteiger partial charge on any atom is -0.378 e. The Kier molecular flexibility index (Phi) is 5.55. The average Bonchev–Trinajstić information content (AvgIpc) is 2.96. The van der Waals surface area contributed by atoms with E-state index in [0.29, 0.717) is 24.7 Å². The number of benzene rings is 1. The number of carbonyl (C=O) groups excluding carboxylic acids is 1. The molecular weight excluding hydrogens is 238 g/mol. The Morgan fingerprint density at radius 1 is 1.32 bits per heavy atom. The number of ether oxygens (including phenoxy) is 1. The fourth-order valence-corrected chi connectivity index (χ4v) is 2.50. The fraction of sp³-hybridized carbons (Fsp3) is 0.562. The van der Waals surface area contributed by atoms with Gasteiger partial charge in [-0.2, -0.15) is 0 Å². The molecule has 0 aromatic heterocycles. The molecule has 1 saturated heterocycles. The van der Waals surface area contributed by atoms with Crippen molar-refractivity contribution in [3.05, 3.63) is 35.9 Å². The summed E-state index contributed by atoms with van der Waals surface area (Å²) in [6.45, 7) is 0.859. The van der Waals surface area contributed by atoms with Gasteiger partial charge in [0.2, 0.25) is 0 Å². The third-order valence-corrected chi connectivity index (χ3v) is 3.73. The first-order chi connectivity index (χ1) is 9.25. The van der Waals surface area contributed by atoms with Gasteiger partial charge in [-0.3, -0.25) is 4.79 Å². The predicted octanol–water partition coefficient (Wildman–Crippen LogP) is 2.99. The summed E-state index contributed by atoms with van der Waals surface area (Å²) in [7, 11) is 0. The van der Waals surface area contributed by atoms with E-state index in [1.54, 1.807) is 0 Å². The van der Waals surface area contributed by atoms with Gasteiger partial charge in [0, 0.05) is 25.5 Å². The van der Waals surface area contributed by atoms with Gasteiger partial charge in [0.1, 0.15) is 5.78 Å². The molecule has 1 heterocycles. The molecule has 0 spiro atoms. The first-order valence-corrected chi connectivity index (χ1v) is 7.19. The third-order valence-electron chi connectivity index (χ3n) is 3.73. The van der Waals surface area contributed by atoms with Crippen LogP contribution >= 0.6 is 0 Å². The zero-order valence-corrected chi connectivity index (χ0v) is 11.4. The van der Waals surface area contributed by atoms with Crippen LogP contribution in [0.5, 0.6) is 0 Å². The largest absolute Gasteiger partial charge is 0.378 e. The molecule has 2 rings (SSSR count). The Labute approximate surface area is 115 Å². The van der Waals surface area contributed by atoms with Crippen LogP contribution in [0.15, 0.2) is 30.3 Å². The third kappa shape index (κ3) is 4.77. The zero-order valence-electron chi connectivity index (χ0n) is 11.4. The maximum absolute atomic E-state index is 11.8. The molecule has 0 bridgehead atoms. The number of carbonyl (C=O) groups is 1. The van der Waals surface area contributed by atoms with Crippen LogP contribution in [-0.2, 0) is 9.53 Å². The van der Waals surface area contributed by atoms with E-state index >= 15 is 0 Å². The number of hydrogen-bond acceptors (Lipinski definition) is 3. The number of ketones is 1. The van der Waals surface area contributed by atoms with Gasteiger partial charge in [-0.05, 0) is 31.2 Å². The van der Waals surface area contributed by atoms with Gasteiger partial charge in [0.15, 0.2) is 0 Å². The van der Waals surface area contributed by atoms with E-state index in [4.69, 9.17) is 10.5 Å². The molecular formula is C16H23NO2. The van der Waals surface area contributed by atoms with Crippen LogP contribution in [0.1, 0.15) is 50.1 Å². The summed E-state index contributed by atoms with van der Waals surface area (Å²) in [5.74, 6) is 0.307. The molecule has 1 aliphatic heterocycles. The van der Waals surface area contributed by atoms with E-state index < -0.39 is 0 Å². The van der Waals surface area contributed by atoms with Gasteiger partial charge in [-0.15, -0.1) is 0 Å². The summed E-state index contributed by atoms with van der Waals surface area (Å²) in [5.41, 5.74) is 7.19. The number of Topliss-reactive ketones (excluding diaryl/α,β-unsaturated/α-hetero) is 1. The molecule has 104 valence electrons. The topological polar surface area (TPSA) is 52.3 Å². The van der Waals surface area contributed by atoms with Crippen molar-refractivity contribution in [2.24, 2.45) is 5.73 Å². The highest BCUT2D eigenvalue weighted by molar-refractivity contribution is 5.78. The zero-order chi connectivity index (χ0) is 13.5. The number of rotatable bonds is 7. The molecule has 19 heavy (non-hydrogen) atoms. The lowest BCUT2D eigenvalue weighted by molar-refractivity contribution is -0.119. The number of hydrogen-bond donors (Lipinski definition) is 1. The van der Waals surface area contributed by atoms with Crippen molar-refractivity contribution in [2.45, 2.75) is 50.7 Å². The van der Waals surface area contributed by atoms with Gasteiger partial charge >= 0.3 is 0 Å². The normalized spacial score (nSPS) is 20.4. The molecule has 3 heteroatoms. The van der Waals surface area contributed by atoms with E-state index in [9.17, 15) is 4.79 Å². The molecule has 0 aliphatic carbocycles. The monoisotopic (exact) mass is 261 g/mol. The fourth-order valence-electron chi connectivity index (χ4n) is 2.50. The average molecular weight is 261 g/mol. The second kappa shape index (κ2) is 7.41. The summed E-state index contributed by atoms with van der Waals surface area (Å²) >= 11 is 0. The van der Waals surface area contributed by atoms with Crippen LogP contribution in [0.3, 0.4) is 0 Å². The quantitative estimate of drug-likeness (QED) is 0.821. The smallest absolute Gasteiger partial charge is 0.133 e. The molecule has 1 fully saturated rings. The second-order valence-corrected chi connectivity index (χ2v) is 5.27. The second-order valence-electron chi connectivity index (χ2n) is 5.27. The molecule has 0 radical (unpaired) electrons. The van der Waals surface area contributed by atoms with Crippen LogP contribution in [0.4, 0.5) is 0 Å². The molecule has 0 saturated carbocycles. The van der Waals surface area contributed by atoms with Crippen LogP contribution in [0, 0.1) is 0 Å². The first-order valence-electron chi connectivity index (χ1n) is 7.19. The standard InChI is InChI=1S/C16H23NO2/c17-16(13-5-2-1-3-6-13)11-9-14(18)8-10-15-7-4-12-19-15/h1-3,5-6,15-16H,4,7-12,17H2. The van der Waals surface area contributed by atoms with Gasteiger partial charge in [0.25, 0.3) is 0 Å². The summed E-state index contributed by atoms with van der Waals surface area (Å²) in [5, 5.41) is 0. The highest BCUT2D eigenvalue weighted by Gasteiger charge is 2.17. The summed E-state index contributed by atoms with van der Waals surface area (Å²) < 4.78 is 5.52. The van der Waals surface area contributed by atoms with Crippen LogP contribution < -0.4 is 5.73 Å². The molecule has 3 nitrogen and oxygen atoms in total. The van der Waals surface area contributed by atoms with Crippen molar-refractivity contribution < 1.29 is 9.53 Å². The summed E-state index contributed by atoms with van der Waals surface area (Å²) in [4.78, 5) is 11.8. The molecule has 1 aliphatic rings. The lowest BCUT2D eigenvalue weighted by Gasteiger charge is -2.12. The van der Waals surface area contributed by atoms with E-state index in [1.807, 2.05) is 30.3 Å².